The number of benzene rings is 2. The first-order valence-corrected chi connectivity index (χ1v) is 9.08. The van der Waals surface area contributed by atoms with Gasteiger partial charge in [-0.1, -0.05) is 30.3 Å². The zero-order valence-electron chi connectivity index (χ0n) is 15.8. The summed E-state index contributed by atoms with van der Waals surface area (Å²) in [6, 6.07) is 15.0. The standard InChI is InChI=1S/C21H25N3O3/c1-23(2)11-6-12-24-18-14-17(9-10-19(18)27-15-21(24)26)22-20(25)13-16-7-4-3-5-8-16/h3-5,7-10,14H,6,11-13,15H2,1-2H3,(H,22,25). The minimum atomic E-state index is -0.0941. The van der Waals surface area contributed by atoms with Crippen molar-refractivity contribution in [3.05, 3.63) is 54.1 Å². The summed E-state index contributed by atoms with van der Waals surface area (Å²) in [7, 11) is 4.02. The highest BCUT2D eigenvalue weighted by Gasteiger charge is 2.25. The molecule has 0 aromatic heterocycles. The van der Waals surface area contributed by atoms with Gasteiger partial charge in [0.05, 0.1) is 12.1 Å². The van der Waals surface area contributed by atoms with E-state index in [1.165, 1.54) is 0 Å². The van der Waals surface area contributed by atoms with Crippen molar-refractivity contribution in [3.63, 3.8) is 0 Å². The number of rotatable bonds is 7. The second-order valence-corrected chi connectivity index (χ2v) is 6.88. The van der Waals surface area contributed by atoms with Crippen LogP contribution >= 0.6 is 0 Å². The van der Waals surface area contributed by atoms with Gasteiger partial charge >= 0.3 is 0 Å². The van der Waals surface area contributed by atoms with Gasteiger partial charge in [-0.25, -0.2) is 0 Å². The van der Waals surface area contributed by atoms with E-state index in [9.17, 15) is 9.59 Å². The second kappa shape index (κ2) is 8.68. The number of nitrogens with one attached hydrogen (secondary N) is 1. The van der Waals surface area contributed by atoms with Crippen LogP contribution in [0.1, 0.15) is 12.0 Å². The summed E-state index contributed by atoms with van der Waals surface area (Å²) >= 11 is 0. The van der Waals surface area contributed by atoms with Crippen LogP contribution in [0.3, 0.4) is 0 Å². The largest absolute Gasteiger partial charge is 0.482 e. The maximum atomic E-state index is 12.3. The van der Waals surface area contributed by atoms with Crippen LogP contribution in [-0.2, 0) is 16.0 Å². The van der Waals surface area contributed by atoms with Crippen molar-refractivity contribution in [1.29, 1.82) is 0 Å². The fraction of sp³-hybridized carbons (Fsp3) is 0.333. The van der Waals surface area contributed by atoms with Crippen LogP contribution < -0.4 is 15.0 Å². The van der Waals surface area contributed by atoms with E-state index < -0.39 is 0 Å². The zero-order chi connectivity index (χ0) is 19.2. The third-order valence-electron chi connectivity index (χ3n) is 4.38. The predicted molar refractivity (Wildman–Crippen MR) is 106 cm³/mol. The van der Waals surface area contributed by atoms with Gasteiger partial charge < -0.3 is 19.9 Å². The van der Waals surface area contributed by atoms with E-state index in [0.717, 1.165) is 18.5 Å². The monoisotopic (exact) mass is 367 g/mol. The maximum absolute atomic E-state index is 12.3. The molecule has 6 heteroatoms. The topological polar surface area (TPSA) is 61.9 Å². The summed E-state index contributed by atoms with van der Waals surface area (Å²) < 4.78 is 5.53. The number of hydrogen-bond donors (Lipinski definition) is 1. The molecule has 142 valence electrons. The number of hydrogen-bond acceptors (Lipinski definition) is 4. The lowest BCUT2D eigenvalue weighted by molar-refractivity contribution is -0.121. The number of fused-ring (bicyclic) bond motifs is 1. The molecule has 1 aliphatic heterocycles. The highest BCUT2D eigenvalue weighted by molar-refractivity contribution is 5.99. The van der Waals surface area contributed by atoms with E-state index >= 15 is 0 Å². The average Bonchev–Trinajstić information content (AvgIpc) is 2.64. The van der Waals surface area contributed by atoms with E-state index in [0.29, 0.717) is 30.1 Å². The molecular formula is C21H25N3O3. The molecule has 0 radical (unpaired) electrons. The van der Waals surface area contributed by atoms with Crippen molar-refractivity contribution in [2.45, 2.75) is 12.8 Å². The van der Waals surface area contributed by atoms with Gasteiger partial charge in [0.2, 0.25) is 5.91 Å². The molecule has 1 N–H and O–H groups in total. The molecule has 0 bridgehead atoms. The summed E-state index contributed by atoms with van der Waals surface area (Å²) in [5.74, 6) is 0.512. The van der Waals surface area contributed by atoms with Crippen molar-refractivity contribution in [1.82, 2.24) is 4.90 Å². The Morgan fingerprint density at radius 1 is 1.19 bits per heavy atom. The molecule has 27 heavy (non-hydrogen) atoms. The van der Waals surface area contributed by atoms with Crippen molar-refractivity contribution in [2.75, 3.05) is 44.0 Å². The molecule has 1 aliphatic rings. The molecule has 0 aliphatic carbocycles. The first-order valence-electron chi connectivity index (χ1n) is 9.08. The molecule has 6 nitrogen and oxygen atoms in total. The normalized spacial score (nSPS) is 13.3. The summed E-state index contributed by atoms with van der Waals surface area (Å²) in [6.45, 7) is 1.57. The number of anilines is 2. The van der Waals surface area contributed by atoms with E-state index in [1.807, 2.05) is 50.5 Å². The molecule has 0 saturated heterocycles. The van der Waals surface area contributed by atoms with Crippen LogP contribution in [0.25, 0.3) is 0 Å². The van der Waals surface area contributed by atoms with Crippen LogP contribution in [0.2, 0.25) is 0 Å². The first kappa shape index (κ1) is 18.9. The number of carbonyl (C=O) groups is 2. The zero-order valence-corrected chi connectivity index (χ0v) is 15.8. The third kappa shape index (κ3) is 5.08. The minimum Gasteiger partial charge on any atom is -0.482 e. The predicted octanol–water partition coefficient (Wildman–Crippen LogP) is 2.54. The lowest BCUT2D eigenvalue weighted by atomic mass is 10.1. The fourth-order valence-electron chi connectivity index (χ4n) is 3.06. The Hall–Kier alpha value is -2.86. The van der Waals surface area contributed by atoms with Gasteiger partial charge in [-0.2, -0.15) is 0 Å². The van der Waals surface area contributed by atoms with Crippen LogP contribution in [0.5, 0.6) is 5.75 Å². The molecular weight excluding hydrogens is 342 g/mol. The summed E-state index contributed by atoms with van der Waals surface area (Å²) in [4.78, 5) is 28.5. The van der Waals surface area contributed by atoms with Crippen molar-refractivity contribution < 1.29 is 14.3 Å². The van der Waals surface area contributed by atoms with Crippen molar-refractivity contribution >= 4 is 23.2 Å². The molecule has 0 atom stereocenters. The van der Waals surface area contributed by atoms with Crippen LogP contribution in [0.4, 0.5) is 11.4 Å². The minimum absolute atomic E-state index is 0.0503. The third-order valence-corrected chi connectivity index (χ3v) is 4.38. The van der Waals surface area contributed by atoms with Gasteiger partial charge in [0.15, 0.2) is 6.61 Å². The maximum Gasteiger partial charge on any atom is 0.265 e. The Kier molecular flexibility index (Phi) is 6.08. The van der Waals surface area contributed by atoms with Gasteiger partial charge in [0.1, 0.15) is 5.75 Å². The Bertz CT molecular complexity index is 806. The number of amides is 2. The van der Waals surface area contributed by atoms with E-state index in [-0.39, 0.29) is 18.4 Å². The number of nitrogens with zero attached hydrogens (tertiary/aromatic N) is 2. The highest BCUT2D eigenvalue weighted by atomic mass is 16.5. The van der Waals surface area contributed by atoms with Crippen LogP contribution in [-0.4, -0.2) is 50.5 Å². The molecule has 2 aromatic rings. The van der Waals surface area contributed by atoms with Gasteiger partial charge in [-0.15, -0.1) is 0 Å². The molecule has 3 rings (SSSR count). The van der Waals surface area contributed by atoms with E-state index in [4.69, 9.17) is 4.74 Å². The quantitative estimate of drug-likeness (QED) is 0.817. The van der Waals surface area contributed by atoms with Gasteiger partial charge in [0, 0.05) is 12.2 Å². The summed E-state index contributed by atoms with van der Waals surface area (Å²) in [6.07, 6.45) is 1.17. The SMILES string of the molecule is CN(C)CCCN1C(=O)COc2ccc(NC(=O)Cc3ccccc3)cc21. The molecule has 1 heterocycles. The van der Waals surface area contributed by atoms with E-state index in [1.54, 1.807) is 17.0 Å². The smallest absolute Gasteiger partial charge is 0.265 e. The Morgan fingerprint density at radius 2 is 1.96 bits per heavy atom. The Morgan fingerprint density at radius 3 is 2.70 bits per heavy atom. The molecule has 2 aromatic carbocycles. The van der Waals surface area contributed by atoms with Crippen molar-refractivity contribution in [3.8, 4) is 5.75 Å². The molecule has 0 unspecified atom stereocenters. The second-order valence-electron chi connectivity index (χ2n) is 6.88. The van der Waals surface area contributed by atoms with Crippen LogP contribution in [0, 0.1) is 0 Å². The molecule has 0 saturated carbocycles. The fourth-order valence-corrected chi connectivity index (χ4v) is 3.06. The Labute approximate surface area is 159 Å². The summed E-state index contributed by atoms with van der Waals surface area (Å²) in [5, 5.41) is 2.91. The van der Waals surface area contributed by atoms with E-state index in [2.05, 4.69) is 10.2 Å². The molecule has 0 spiro atoms. The highest BCUT2D eigenvalue weighted by Crippen LogP contribution is 2.34. The first-order chi connectivity index (χ1) is 13.0. The Balaban J connectivity index is 1.70. The lowest BCUT2D eigenvalue weighted by Gasteiger charge is -2.30. The van der Waals surface area contributed by atoms with Gasteiger partial charge in [-0.05, 0) is 50.8 Å². The lowest BCUT2D eigenvalue weighted by Crippen LogP contribution is -2.40. The summed E-state index contributed by atoms with van der Waals surface area (Å²) in [5.41, 5.74) is 2.32. The van der Waals surface area contributed by atoms with Crippen LogP contribution in [0.15, 0.2) is 48.5 Å². The van der Waals surface area contributed by atoms with Gasteiger partial charge in [-0.3, -0.25) is 9.59 Å². The number of carbonyl (C=O) groups excluding carboxylic acids is 2. The molecule has 2 amide bonds. The van der Waals surface area contributed by atoms with Gasteiger partial charge in [0.25, 0.3) is 5.91 Å². The number of ether oxygens (including phenoxy) is 1. The average molecular weight is 367 g/mol. The molecule has 0 fully saturated rings. The van der Waals surface area contributed by atoms with Crippen molar-refractivity contribution in [2.24, 2.45) is 0 Å².